The average molecular weight is 375 g/mol. The standard InChI is InChI=1S/C19H25N3O5/c1-12(17(24)22-19(26)21-15-8-4-3-5-9-15)27-18(25)14-7-6-10-16(11-14)20-13(2)23/h6-7,10-12,15H,3-5,8-9H2,1-2H3,(H,20,23)(H2,21,22,24,26)/t12-/m1/s1. The molecule has 0 radical (unpaired) electrons. The van der Waals surface area contributed by atoms with Crippen molar-refractivity contribution >= 4 is 29.5 Å². The van der Waals surface area contributed by atoms with Crippen LogP contribution >= 0.6 is 0 Å². The number of amides is 4. The van der Waals surface area contributed by atoms with Gasteiger partial charge in [-0.15, -0.1) is 0 Å². The first-order valence-corrected chi connectivity index (χ1v) is 9.05. The van der Waals surface area contributed by atoms with Crippen LogP contribution in [0.2, 0.25) is 0 Å². The van der Waals surface area contributed by atoms with Gasteiger partial charge in [-0.1, -0.05) is 25.3 Å². The Hall–Kier alpha value is -2.90. The summed E-state index contributed by atoms with van der Waals surface area (Å²) in [6.07, 6.45) is 3.94. The smallest absolute Gasteiger partial charge is 0.338 e. The van der Waals surface area contributed by atoms with Crippen molar-refractivity contribution in [2.24, 2.45) is 0 Å². The van der Waals surface area contributed by atoms with E-state index in [-0.39, 0.29) is 17.5 Å². The molecule has 1 aliphatic rings. The van der Waals surface area contributed by atoms with Gasteiger partial charge in [-0.25, -0.2) is 9.59 Å². The summed E-state index contributed by atoms with van der Waals surface area (Å²) >= 11 is 0. The first-order chi connectivity index (χ1) is 12.8. The zero-order valence-corrected chi connectivity index (χ0v) is 15.5. The van der Waals surface area contributed by atoms with Crippen LogP contribution in [0.1, 0.15) is 56.3 Å². The van der Waals surface area contributed by atoms with Crippen molar-refractivity contribution in [2.45, 2.75) is 58.1 Å². The lowest BCUT2D eigenvalue weighted by atomic mass is 9.96. The molecule has 0 heterocycles. The van der Waals surface area contributed by atoms with E-state index in [1.165, 1.54) is 26.0 Å². The molecule has 0 unspecified atom stereocenters. The van der Waals surface area contributed by atoms with Crippen molar-refractivity contribution < 1.29 is 23.9 Å². The minimum atomic E-state index is -1.14. The fourth-order valence-corrected chi connectivity index (χ4v) is 2.89. The molecule has 1 atom stereocenters. The van der Waals surface area contributed by atoms with Gasteiger partial charge in [0.05, 0.1) is 5.56 Å². The largest absolute Gasteiger partial charge is 0.449 e. The van der Waals surface area contributed by atoms with E-state index in [9.17, 15) is 19.2 Å². The fourth-order valence-electron chi connectivity index (χ4n) is 2.89. The molecule has 1 aromatic carbocycles. The van der Waals surface area contributed by atoms with Gasteiger partial charge in [-0.3, -0.25) is 14.9 Å². The molecule has 27 heavy (non-hydrogen) atoms. The lowest BCUT2D eigenvalue weighted by Crippen LogP contribution is -2.48. The van der Waals surface area contributed by atoms with Crippen molar-refractivity contribution in [1.82, 2.24) is 10.6 Å². The third-order valence-corrected chi connectivity index (χ3v) is 4.25. The minimum Gasteiger partial charge on any atom is -0.449 e. The molecule has 3 N–H and O–H groups in total. The maximum atomic E-state index is 12.2. The maximum absolute atomic E-state index is 12.2. The number of benzene rings is 1. The van der Waals surface area contributed by atoms with E-state index in [2.05, 4.69) is 16.0 Å². The summed E-state index contributed by atoms with van der Waals surface area (Å²) in [5, 5.41) is 7.52. The van der Waals surface area contributed by atoms with Gasteiger partial charge in [0.1, 0.15) is 0 Å². The molecule has 8 heteroatoms. The van der Waals surface area contributed by atoms with Crippen LogP contribution in [0.15, 0.2) is 24.3 Å². The van der Waals surface area contributed by atoms with E-state index in [0.29, 0.717) is 5.69 Å². The van der Waals surface area contributed by atoms with Crippen LogP contribution in [0, 0.1) is 0 Å². The van der Waals surface area contributed by atoms with Crippen LogP contribution in [0.4, 0.5) is 10.5 Å². The highest BCUT2D eigenvalue weighted by Crippen LogP contribution is 2.17. The molecular weight excluding hydrogens is 350 g/mol. The van der Waals surface area contributed by atoms with Gasteiger partial charge in [-0.2, -0.15) is 0 Å². The lowest BCUT2D eigenvalue weighted by molar-refractivity contribution is -0.127. The van der Waals surface area contributed by atoms with Crippen LogP contribution < -0.4 is 16.0 Å². The third kappa shape index (κ3) is 6.73. The van der Waals surface area contributed by atoms with Crippen molar-refractivity contribution in [3.8, 4) is 0 Å². The van der Waals surface area contributed by atoms with Gasteiger partial charge in [0, 0.05) is 18.7 Å². The monoisotopic (exact) mass is 375 g/mol. The summed E-state index contributed by atoms with van der Waals surface area (Å²) in [6.45, 7) is 2.74. The van der Waals surface area contributed by atoms with Gasteiger partial charge >= 0.3 is 12.0 Å². The molecule has 0 aromatic heterocycles. The highest BCUT2D eigenvalue weighted by molar-refractivity contribution is 5.99. The van der Waals surface area contributed by atoms with Crippen molar-refractivity contribution in [3.05, 3.63) is 29.8 Å². The number of rotatable bonds is 5. The second-order valence-corrected chi connectivity index (χ2v) is 6.61. The molecule has 1 aromatic rings. The molecule has 146 valence electrons. The second kappa shape index (κ2) is 9.70. The summed E-state index contributed by atoms with van der Waals surface area (Å²) in [5.74, 6) is -1.69. The van der Waals surface area contributed by atoms with Gasteiger partial charge < -0.3 is 15.4 Å². The van der Waals surface area contributed by atoms with Gasteiger partial charge in [0.2, 0.25) is 5.91 Å². The summed E-state index contributed by atoms with van der Waals surface area (Å²) in [5.41, 5.74) is 0.633. The van der Waals surface area contributed by atoms with Crippen LogP contribution in [0.25, 0.3) is 0 Å². The van der Waals surface area contributed by atoms with E-state index in [4.69, 9.17) is 4.74 Å². The van der Waals surface area contributed by atoms with Gasteiger partial charge in [0.25, 0.3) is 5.91 Å². The summed E-state index contributed by atoms with van der Waals surface area (Å²) < 4.78 is 5.11. The zero-order chi connectivity index (χ0) is 19.8. The number of nitrogens with one attached hydrogen (secondary N) is 3. The molecule has 0 bridgehead atoms. The number of esters is 1. The molecule has 2 rings (SSSR count). The Balaban J connectivity index is 1.84. The molecule has 1 aliphatic carbocycles. The van der Waals surface area contributed by atoms with Gasteiger partial charge in [-0.05, 0) is 38.0 Å². The van der Waals surface area contributed by atoms with Crippen LogP contribution in [-0.4, -0.2) is 36.0 Å². The number of ether oxygens (including phenoxy) is 1. The first kappa shape index (κ1) is 20.4. The summed E-state index contributed by atoms with van der Waals surface area (Å²) in [4.78, 5) is 47.2. The number of hydrogen-bond donors (Lipinski definition) is 3. The molecule has 1 fully saturated rings. The number of anilines is 1. The molecule has 4 amide bonds. The molecule has 0 saturated heterocycles. The minimum absolute atomic E-state index is 0.0703. The van der Waals surface area contributed by atoms with E-state index < -0.39 is 24.0 Å². The van der Waals surface area contributed by atoms with E-state index in [1.807, 2.05) is 0 Å². The Morgan fingerprint density at radius 1 is 1.11 bits per heavy atom. The van der Waals surface area contributed by atoms with E-state index in [1.54, 1.807) is 12.1 Å². The number of urea groups is 1. The molecule has 8 nitrogen and oxygen atoms in total. The van der Waals surface area contributed by atoms with Crippen molar-refractivity contribution in [2.75, 3.05) is 5.32 Å². The van der Waals surface area contributed by atoms with Gasteiger partial charge in [0.15, 0.2) is 6.10 Å². The van der Waals surface area contributed by atoms with Crippen LogP contribution in [0.5, 0.6) is 0 Å². The first-order valence-electron chi connectivity index (χ1n) is 9.05. The predicted molar refractivity (Wildman–Crippen MR) is 99.2 cm³/mol. The average Bonchev–Trinajstić information content (AvgIpc) is 2.62. The Morgan fingerprint density at radius 2 is 1.81 bits per heavy atom. The summed E-state index contributed by atoms with van der Waals surface area (Å²) in [7, 11) is 0. The van der Waals surface area contributed by atoms with Crippen LogP contribution in [0.3, 0.4) is 0 Å². The zero-order valence-electron chi connectivity index (χ0n) is 15.5. The molecule has 1 saturated carbocycles. The quantitative estimate of drug-likeness (QED) is 0.684. The molecule has 0 spiro atoms. The second-order valence-electron chi connectivity index (χ2n) is 6.61. The van der Waals surface area contributed by atoms with E-state index >= 15 is 0 Å². The van der Waals surface area contributed by atoms with Crippen molar-refractivity contribution in [1.29, 1.82) is 0 Å². The molecular formula is C19H25N3O5. The Bertz CT molecular complexity index is 713. The highest BCUT2D eigenvalue weighted by Gasteiger charge is 2.22. The van der Waals surface area contributed by atoms with E-state index in [0.717, 1.165) is 32.1 Å². The van der Waals surface area contributed by atoms with Crippen molar-refractivity contribution in [3.63, 3.8) is 0 Å². The fraction of sp³-hybridized carbons (Fsp3) is 0.474. The SMILES string of the molecule is CC(=O)Nc1cccc(C(=O)O[C@H](C)C(=O)NC(=O)NC2CCCCC2)c1. The maximum Gasteiger partial charge on any atom is 0.338 e. The third-order valence-electron chi connectivity index (χ3n) is 4.25. The Labute approximate surface area is 158 Å². The Morgan fingerprint density at radius 3 is 2.48 bits per heavy atom. The number of carbonyl (C=O) groups is 4. The number of hydrogen-bond acceptors (Lipinski definition) is 5. The normalized spacial score (nSPS) is 15.3. The number of imide groups is 1. The molecule has 0 aliphatic heterocycles. The lowest BCUT2D eigenvalue weighted by Gasteiger charge is -2.23. The Kier molecular flexibility index (Phi) is 7.34. The highest BCUT2D eigenvalue weighted by atomic mass is 16.5. The predicted octanol–water partition coefficient (Wildman–Crippen LogP) is 2.35. The number of carbonyl (C=O) groups excluding carboxylic acids is 4. The van der Waals surface area contributed by atoms with Crippen LogP contribution in [-0.2, 0) is 14.3 Å². The topological polar surface area (TPSA) is 114 Å². The summed E-state index contributed by atoms with van der Waals surface area (Å²) in [6, 6.07) is 5.66.